The minimum atomic E-state index is -0.962. The van der Waals surface area contributed by atoms with Crippen LogP contribution in [0, 0.1) is 0 Å². The van der Waals surface area contributed by atoms with Gasteiger partial charge in [-0.15, -0.1) is 0 Å². The van der Waals surface area contributed by atoms with Gasteiger partial charge >= 0.3 is 0 Å². The Morgan fingerprint density at radius 3 is 2.32 bits per heavy atom. The molecule has 2 aromatic carbocycles. The first-order valence-electron chi connectivity index (χ1n) is 12.7. The number of benzene rings is 2. The van der Waals surface area contributed by atoms with Crippen molar-refractivity contribution < 1.29 is 29.0 Å². The largest absolute Gasteiger partial charge is 0.497 e. The van der Waals surface area contributed by atoms with Crippen LogP contribution in [0.2, 0.25) is 0 Å². The van der Waals surface area contributed by atoms with Crippen molar-refractivity contribution in [3.05, 3.63) is 65.7 Å². The summed E-state index contributed by atoms with van der Waals surface area (Å²) in [6.45, 7) is 2.63. The number of rotatable bonds is 11. The van der Waals surface area contributed by atoms with Crippen molar-refractivity contribution in [1.82, 2.24) is 16.0 Å². The smallest absolute Gasteiger partial charge is 0.243 e. The average Bonchev–Trinajstić information content (AvgIpc) is 3.67. The van der Waals surface area contributed by atoms with Crippen molar-refractivity contribution in [2.24, 2.45) is 0 Å². The zero-order valence-corrected chi connectivity index (χ0v) is 21.2. The molecule has 4 N–H and O–H groups in total. The Bertz CT molecular complexity index is 1090. The Kier molecular flexibility index (Phi) is 8.58. The number of epoxide rings is 1. The zero-order chi connectivity index (χ0) is 26.4. The summed E-state index contributed by atoms with van der Waals surface area (Å²) >= 11 is 0. The van der Waals surface area contributed by atoms with Gasteiger partial charge in [-0.25, -0.2) is 0 Å². The molecule has 2 aromatic rings. The van der Waals surface area contributed by atoms with Gasteiger partial charge in [0.05, 0.1) is 25.9 Å². The van der Waals surface area contributed by atoms with Crippen LogP contribution < -0.4 is 20.7 Å². The molecule has 5 atom stereocenters. The molecule has 0 unspecified atom stereocenters. The van der Waals surface area contributed by atoms with E-state index < -0.39 is 41.6 Å². The van der Waals surface area contributed by atoms with E-state index in [4.69, 9.17) is 9.47 Å². The summed E-state index contributed by atoms with van der Waals surface area (Å²) in [5.41, 5.74) is 0.787. The van der Waals surface area contributed by atoms with Crippen LogP contribution in [-0.4, -0.2) is 72.8 Å². The lowest BCUT2D eigenvalue weighted by atomic mass is 9.94. The number of hydrogen-bond acceptors (Lipinski definition) is 7. The first kappa shape index (κ1) is 26.8. The highest BCUT2D eigenvalue weighted by Crippen LogP contribution is 2.29. The van der Waals surface area contributed by atoms with Gasteiger partial charge in [-0.3, -0.25) is 14.4 Å². The van der Waals surface area contributed by atoms with Crippen molar-refractivity contribution in [2.75, 3.05) is 20.3 Å². The second kappa shape index (κ2) is 11.9. The summed E-state index contributed by atoms with van der Waals surface area (Å²) < 4.78 is 10.6. The fraction of sp³-hybridized carbons (Fsp3) is 0.464. The standard InChI is InChI=1S/C28H35N3O6/c1-28(17-37-28)25(33)21(15-18-7-4-3-5-8-18)30-26(34)22(16-19-10-12-20(36-2)13-11-19)31-27(35)24-23(32)9-6-14-29-24/h3-5,7-8,10-13,21-24,29,32H,6,9,14-17H2,1-2H3,(H,30,34)(H,31,35)/t21-,22-,23+,24-,28+/m0/s1. The van der Waals surface area contributed by atoms with Crippen molar-refractivity contribution in [3.63, 3.8) is 0 Å². The molecular formula is C28H35N3O6. The van der Waals surface area contributed by atoms with Gasteiger partial charge < -0.3 is 30.5 Å². The minimum Gasteiger partial charge on any atom is -0.497 e. The van der Waals surface area contributed by atoms with E-state index in [1.807, 2.05) is 42.5 Å². The Hall–Kier alpha value is -3.27. The second-order valence-electron chi connectivity index (χ2n) is 9.89. The third kappa shape index (κ3) is 6.94. The lowest BCUT2D eigenvalue weighted by molar-refractivity contribution is -0.134. The molecule has 0 aromatic heterocycles. The maximum absolute atomic E-state index is 13.6. The number of hydrogen-bond donors (Lipinski definition) is 4. The van der Waals surface area contributed by atoms with Gasteiger partial charge in [0.15, 0.2) is 5.78 Å². The first-order valence-corrected chi connectivity index (χ1v) is 12.7. The van der Waals surface area contributed by atoms with E-state index in [2.05, 4.69) is 16.0 Å². The predicted octanol–water partition coefficient (Wildman–Crippen LogP) is 0.921. The highest BCUT2D eigenvalue weighted by molar-refractivity contribution is 5.98. The van der Waals surface area contributed by atoms with E-state index in [1.54, 1.807) is 26.2 Å². The summed E-state index contributed by atoms with van der Waals surface area (Å²) in [5.74, 6) is -0.463. The number of Topliss-reactive ketones (excluding diaryl/α,β-unsaturated/α-hetero) is 1. The molecule has 2 amide bonds. The fourth-order valence-electron chi connectivity index (χ4n) is 4.56. The summed E-state index contributed by atoms with van der Waals surface area (Å²) in [6.07, 6.45) is 0.941. The van der Waals surface area contributed by atoms with Crippen molar-refractivity contribution in [2.45, 2.75) is 62.4 Å². The van der Waals surface area contributed by atoms with Crippen LogP contribution in [0.15, 0.2) is 54.6 Å². The average molecular weight is 510 g/mol. The van der Waals surface area contributed by atoms with E-state index in [1.165, 1.54) is 0 Å². The highest BCUT2D eigenvalue weighted by Gasteiger charge is 2.50. The number of carbonyl (C=O) groups is 3. The molecule has 0 aliphatic carbocycles. The number of ether oxygens (including phenoxy) is 2. The van der Waals surface area contributed by atoms with Gasteiger partial charge in [-0.2, -0.15) is 0 Å². The van der Waals surface area contributed by atoms with Crippen LogP contribution in [0.5, 0.6) is 5.75 Å². The molecular weight excluding hydrogens is 474 g/mol. The molecule has 2 fully saturated rings. The minimum absolute atomic E-state index is 0.199. The number of nitrogens with one attached hydrogen (secondary N) is 3. The molecule has 2 heterocycles. The van der Waals surface area contributed by atoms with Crippen molar-refractivity contribution in [3.8, 4) is 5.75 Å². The van der Waals surface area contributed by atoms with Crippen LogP contribution in [0.4, 0.5) is 0 Å². The monoisotopic (exact) mass is 509 g/mol. The van der Waals surface area contributed by atoms with E-state index in [-0.39, 0.29) is 12.2 Å². The number of piperidine rings is 1. The van der Waals surface area contributed by atoms with Gasteiger partial charge in [0.25, 0.3) is 0 Å². The third-order valence-corrected chi connectivity index (χ3v) is 6.95. The number of methoxy groups -OCH3 is 1. The lowest BCUT2D eigenvalue weighted by Gasteiger charge is -2.30. The molecule has 9 nitrogen and oxygen atoms in total. The molecule has 2 aliphatic heterocycles. The molecule has 0 radical (unpaired) electrons. The molecule has 2 saturated heterocycles. The Labute approximate surface area is 216 Å². The Morgan fingerprint density at radius 1 is 1.05 bits per heavy atom. The lowest BCUT2D eigenvalue weighted by Crippen LogP contribution is -2.60. The summed E-state index contributed by atoms with van der Waals surface area (Å²) in [5, 5.41) is 19.0. The van der Waals surface area contributed by atoms with E-state index in [9.17, 15) is 19.5 Å². The van der Waals surface area contributed by atoms with Crippen molar-refractivity contribution >= 4 is 17.6 Å². The van der Waals surface area contributed by atoms with Crippen LogP contribution in [0.1, 0.15) is 30.9 Å². The topological polar surface area (TPSA) is 129 Å². The van der Waals surface area contributed by atoms with Gasteiger partial charge in [0.1, 0.15) is 23.4 Å². The molecule has 9 heteroatoms. The maximum Gasteiger partial charge on any atom is 0.243 e. The number of aliphatic hydroxyl groups is 1. The molecule has 0 bridgehead atoms. The highest BCUT2D eigenvalue weighted by atomic mass is 16.6. The van der Waals surface area contributed by atoms with Crippen LogP contribution >= 0.6 is 0 Å². The normalized spacial score (nSPS) is 24.4. The van der Waals surface area contributed by atoms with Gasteiger partial charge in [-0.1, -0.05) is 42.5 Å². The van der Waals surface area contributed by atoms with Gasteiger partial charge in [-0.05, 0) is 56.0 Å². The summed E-state index contributed by atoms with van der Waals surface area (Å²) in [6, 6.07) is 14.1. The van der Waals surface area contributed by atoms with Gasteiger partial charge in [0, 0.05) is 6.42 Å². The van der Waals surface area contributed by atoms with Crippen LogP contribution in [0.25, 0.3) is 0 Å². The molecule has 37 heavy (non-hydrogen) atoms. The number of ketones is 1. The van der Waals surface area contributed by atoms with E-state index in [0.717, 1.165) is 17.5 Å². The Balaban J connectivity index is 1.54. The molecule has 4 rings (SSSR count). The quantitative estimate of drug-likeness (QED) is 0.332. The Morgan fingerprint density at radius 2 is 1.70 bits per heavy atom. The van der Waals surface area contributed by atoms with E-state index >= 15 is 0 Å². The fourth-order valence-corrected chi connectivity index (χ4v) is 4.56. The number of carbonyl (C=O) groups excluding carboxylic acids is 3. The van der Waals surface area contributed by atoms with Crippen LogP contribution in [0.3, 0.4) is 0 Å². The summed E-state index contributed by atoms with van der Waals surface area (Å²) in [7, 11) is 1.57. The molecule has 0 spiro atoms. The first-order chi connectivity index (χ1) is 17.8. The van der Waals surface area contributed by atoms with E-state index in [0.29, 0.717) is 31.7 Å². The zero-order valence-electron chi connectivity index (χ0n) is 21.2. The molecule has 0 saturated carbocycles. The third-order valence-electron chi connectivity index (χ3n) is 6.95. The number of amides is 2. The summed E-state index contributed by atoms with van der Waals surface area (Å²) in [4.78, 5) is 39.9. The molecule has 2 aliphatic rings. The maximum atomic E-state index is 13.6. The molecule has 198 valence electrons. The number of aliphatic hydroxyl groups excluding tert-OH is 1. The van der Waals surface area contributed by atoms with Crippen LogP contribution in [-0.2, 0) is 32.0 Å². The SMILES string of the molecule is COc1ccc(C[C@H](NC(=O)[C@H]2NCCC[C@H]2O)C(=O)N[C@@H](Cc2ccccc2)C(=O)[C@@]2(C)CO2)cc1. The second-order valence-corrected chi connectivity index (χ2v) is 9.89. The van der Waals surface area contributed by atoms with Gasteiger partial charge in [0.2, 0.25) is 11.8 Å². The van der Waals surface area contributed by atoms with Crippen molar-refractivity contribution in [1.29, 1.82) is 0 Å². The predicted molar refractivity (Wildman–Crippen MR) is 137 cm³/mol.